The second-order valence-electron chi connectivity index (χ2n) is 7.67. The molecule has 166 valence electrons. The molecule has 0 aliphatic carbocycles. The highest BCUT2D eigenvalue weighted by molar-refractivity contribution is 14.0. The fraction of sp³-hybridized carbons (Fsp3) is 0.882. The minimum Gasteiger partial charge on any atom is -0.444 e. The molecule has 0 aromatic heterocycles. The molecule has 11 heteroatoms. The number of amides is 1. The van der Waals surface area contributed by atoms with Crippen molar-refractivity contribution in [2.75, 3.05) is 46.3 Å². The van der Waals surface area contributed by atoms with E-state index in [1.165, 1.54) is 4.90 Å². The predicted molar refractivity (Wildman–Crippen MR) is 114 cm³/mol. The van der Waals surface area contributed by atoms with Crippen LogP contribution in [0, 0.1) is 5.92 Å². The number of alkyl halides is 3. The van der Waals surface area contributed by atoms with Crippen LogP contribution in [0.25, 0.3) is 0 Å². The number of nitrogens with one attached hydrogen (secondary N) is 3. The molecule has 0 aromatic carbocycles. The number of hydrogen-bond acceptors (Lipinski definition) is 4. The Kier molecular flexibility index (Phi) is 12.1. The Balaban J connectivity index is 0.00000729. The third-order valence-electron chi connectivity index (χ3n) is 3.87. The molecule has 1 amide bonds. The molecule has 0 aromatic rings. The van der Waals surface area contributed by atoms with Crippen LogP contribution < -0.4 is 16.0 Å². The zero-order chi connectivity index (χ0) is 20.5. The summed E-state index contributed by atoms with van der Waals surface area (Å²) in [6.07, 6.45) is -3.18. The number of likely N-dealkylation sites (tertiary alicyclic amines) is 1. The summed E-state index contributed by atoms with van der Waals surface area (Å²) in [6, 6.07) is 0. The van der Waals surface area contributed by atoms with E-state index in [2.05, 4.69) is 20.9 Å². The Hall–Kier alpha value is -0.980. The first kappa shape index (κ1) is 27.0. The van der Waals surface area contributed by atoms with Crippen molar-refractivity contribution in [3.63, 3.8) is 0 Å². The number of rotatable bonds is 7. The number of nitrogens with zero attached hydrogens (tertiary/aromatic N) is 2. The minimum absolute atomic E-state index is 0. The second-order valence-corrected chi connectivity index (χ2v) is 7.67. The molecule has 1 aliphatic rings. The standard InChI is InChI=1S/C17H32F3N5O2.HI/c1-16(2,3)27-15(26)23-8-5-7-22-14(21-4)24-10-13-6-9-25(11-13)12-17(18,19)20;/h13H,5-12H2,1-4H3,(H,23,26)(H2,21,22,24);1H. The molecule has 1 rings (SSSR count). The van der Waals surface area contributed by atoms with E-state index in [0.29, 0.717) is 45.1 Å². The van der Waals surface area contributed by atoms with Crippen molar-refractivity contribution < 1.29 is 22.7 Å². The van der Waals surface area contributed by atoms with Crippen molar-refractivity contribution >= 4 is 36.0 Å². The lowest BCUT2D eigenvalue weighted by Crippen LogP contribution is -2.41. The van der Waals surface area contributed by atoms with Gasteiger partial charge in [-0.25, -0.2) is 4.79 Å². The molecule has 0 saturated carbocycles. The molecule has 1 aliphatic heterocycles. The van der Waals surface area contributed by atoms with Gasteiger partial charge in [0.1, 0.15) is 5.60 Å². The van der Waals surface area contributed by atoms with E-state index in [-0.39, 0.29) is 29.9 Å². The van der Waals surface area contributed by atoms with Crippen LogP contribution in [0.2, 0.25) is 0 Å². The van der Waals surface area contributed by atoms with Crippen molar-refractivity contribution in [3.8, 4) is 0 Å². The molecule has 7 nitrogen and oxygen atoms in total. The SMILES string of the molecule is CN=C(NCCCNC(=O)OC(C)(C)C)NCC1CCN(CC(F)(F)F)C1.I. The van der Waals surface area contributed by atoms with Crippen LogP contribution in [0.4, 0.5) is 18.0 Å². The Labute approximate surface area is 182 Å². The monoisotopic (exact) mass is 523 g/mol. The molecule has 1 fully saturated rings. The van der Waals surface area contributed by atoms with Crippen LogP contribution in [-0.2, 0) is 4.74 Å². The summed E-state index contributed by atoms with van der Waals surface area (Å²) >= 11 is 0. The zero-order valence-corrected chi connectivity index (χ0v) is 19.3. The van der Waals surface area contributed by atoms with Gasteiger partial charge in [0.15, 0.2) is 5.96 Å². The number of ether oxygens (including phenoxy) is 1. The van der Waals surface area contributed by atoms with Crippen molar-refractivity contribution in [1.29, 1.82) is 0 Å². The summed E-state index contributed by atoms with van der Waals surface area (Å²) in [5, 5.41) is 8.93. The van der Waals surface area contributed by atoms with Gasteiger partial charge in [-0.05, 0) is 46.1 Å². The fourth-order valence-electron chi connectivity index (χ4n) is 2.74. The summed E-state index contributed by atoms with van der Waals surface area (Å²) in [5.74, 6) is 0.765. The Morgan fingerprint density at radius 1 is 1.18 bits per heavy atom. The number of aliphatic imine (C=N–C) groups is 1. The maximum absolute atomic E-state index is 12.4. The quantitative estimate of drug-likeness (QED) is 0.207. The predicted octanol–water partition coefficient (Wildman–Crippen LogP) is 2.57. The average Bonchev–Trinajstić information content (AvgIpc) is 2.93. The molecular formula is C17H33F3IN5O2. The van der Waals surface area contributed by atoms with Crippen LogP contribution in [0.1, 0.15) is 33.6 Å². The van der Waals surface area contributed by atoms with E-state index in [9.17, 15) is 18.0 Å². The Bertz CT molecular complexity index is 498. The number of hydrogen-bond donors (Lipinski definition) is 3. The van der Waals surface area contributed by atoms with Gasteiger partial charge in [0.25, 0.3) is 0 Å². The minimum atomic E-state index is -4.15. The van der Waals surface area contributed by atoms with Gasteiger partial charge in [0.2, 0.25) is 0 Å². The molecule has 1 atom stereocenters. The molecule has 3 N–H and O–H groups in total. The van der Waals surface area contributed by atoms with E-state index < -0.39 is 24.4 Å². The number of carbonyl (C=O) groups is 1. The van der Waals surface area contributed by atoms with Crippen molar-refractivity contribution in [3.05, 3.63) is 0 Å². The van der Waals surface area contributed by atoms with Gasteiger partial charge >= 0.3 is 12.3 Å². The summed E-state index contributed by atoms with van der Waals surface area (Å²) in [6.45, 7) is 7.10. The van der Waals surface area contributed by atoms with Crippen LogP contribution in [-0.4, -0.2) is 75.0 Å². The highest BCUT2D eigenvalue weighted by Crippen LogP contribution is 2.22. The van der Waals surface area contributed by atoms with Crippen LogP contribution >= 0.6 is 24.0 Å². The van der Waals surface area contributed by atoms with Gasteiger partial charge in [-0.3, -0.25) is 9.89 Å². The van der Waals surface area contributed by atoms with E-state index in [1.807, 2.05) is 0 Å². The van der Waals surface area contributed by atoms with Crippen molar-refractivity contribution in [2.24, 2.45) is 10.9 Å². The fourth-order valence-corrected chi connectivity index (χ4v) is 2.74. The van der Waals surface area contributed by atoms with Gasteiger partial charge in [0, 0.05) is 33.2 Å². The smallest absolute Gasteiger partial charge is 0.407 e. The molecule has 28 heavy (non-hydrogen) atoms. The van der Waals surface area contributed by atoms with Crippen LogP contribution in [0.5, 0.6) is 0 Å². The van der Waals surface area contributed by atoms with Crippen molar-refractivity contribution in [1.82, 2.24) is 20.9 Å². The molecule has 1 unspecified atom stereocenters. The number of alkyl carbamates (subject to hydrolysis) is 1. The van der Waals surface area contributed by atoms with E-state index in [1.54, 1.807) is 27.8 Å². The number of halogens is 4. The average molecular weight is 523 g/mol. The topological polar surface area (TPSA) is 78.0 Å². The van der Waals surface area contributed by atoms with Gasteiger partial charge < -0.3 is 20.7 Å². The Morgan fingerprint density at radius 3 is 2.39 bits per heavy atom. The first-order chi connectivity index (χ1) is 12.5. The summed E-state index contributed by atoms with van der Waals surface area (Å²) < 4.78 is 42.4. The first-order valence-corrected chi connectivity index (χ1v) is 9.19. The molecule has 1 heterocycles. The lowest BCUT2D eigenvalue weighted by atomic mass is 10.1. The van der Waals surface area contributed by atoms with E-state index >= 15 is 0 Å². The van der Waals surface area contributed by atoms with Gasteiger partial charge in [-0.15, -0.1) is 24.0 Å². The molecule has 1 saturated heterocycles. The highest BCUT2D eigenvalue weighted by Gasteiger charge is 2.34. The number of carbonyl (C=O) groups excluding carboxylic acids is 1. The summed E-state index contributed by atoms with van der Waals surface area (Å²) in [7, 11) is 1.64. The lowest BCUT2D eigenvalue weighted by molar-refractivity contribution is -0.143. The summed E-state index contributed by atoms with van der Waals surface area (Å²) in [5.41, 5.74) is -0.524. The summed E-state index contributed by atoms with van der Waals surface area (Å²) in [4.78, 5) is 17.0. The van der Waals surface area contributed by atoms with Gasteiger partial charge in [-0.2, -0.15) is 13.2 Å². The van der Waals surface area contributed by atoms with Crippen LogP contribution in [0.3, 0.4) is 0 Å². The highest BCUT2D eigenvalue weighted by atomic mass is 127. The molecular weight excluding hydrogens is 490 g/mol. The van der Waals surface area contributed by atoms with E-state index in [0.717, 1.165) is 6.42 Å². The largest absolute Gasteiger partial charge is 0.444 e. The Morgan fingerprint density at radius 2 is 1.82 bits per heavy atom. The van der Waals surface area contributed by atoms with Gasteiger partial charge in [-0.1, -0.05) is 0 Å². The van der Waals surface area contributed by atoms with E-state index in [4.69, 9.17) is 4.74 Å². The van der Waals surface area contributed by atoms with Gasteiger partial charge in [0.05, 0.1) is 6.54 Å². The molecule has 0 spiro atoms. The van der Waals surface area contributed by atoms with Crippen LogP contribution in [0.15, 0.2) is 4.99 Å². The molecule has 0 bridgehead atoms. The normalized spacial score (nSPS) is 18.4. The molecule has 0 radical (unpaired) electrons. The number of guanidine groups is 1. The maximum Gasteiger partial charge on any atom is 0.407 e. The first-order valence-electron chi connectivity index (χ1n) is 9.19. The van der Waals surface area contributed by atoms with Crippen molar-refractivity contribution in [2.45, 2.75) is 45.4 Å². The zero-order valence-electron chi connectivity index (χ0n) is 17.0. The third-order valence-corrected chi connectivity index (χ3v) is 3.87. The second kappa shape index (κ2) is 12.6. The maximum atomic E-state index is 12.4. The third kappa shape index (κ3) is 13.2. The lowest BCUT2D eigenvalue weighted by Gasteiger charge is -2.20.